The molecule has 3 aromatic carbocycles. The summed E-state index contributed by atoms with van der Waals surface area (Å²) >= 11 is 1.75. The van der Waals surface area contributed by atoms with Crippen molar-refractivity contribution in [1.82, 2.24) is 4.57 Å². The van der Waals surface area contributed by atoms with Crippen molar-refractivity contribution >= 4 is 17.7 Å². The van der Waals surface area contributed by atoms with Crippen LogP contribution in [0.5, 0.6) is 5.75 Å². The maximum atomic E-state index is 12.0. The number of hydrogen-bond acceptors (Lipinski definition) is 3. The lowest BCUT2D eigenvalue weighted by Gasteiger charge is -2.18. The summed E-state index contributed by atoms with van der Waals surface area (Å²) in [5, 5.41) is 9.79. The quantitative estimate of drug-likeness (QED) is 0.360. The highest BCUT2D eigenvalue weighted by molar-refractivity contribution is 7.98. The van der Waals surface area contributed by atoms with E-state index >= 15 is 0 Å². The summed E-state index contributed by atoms with van der Waals surface area (Å²) in [6.45, 7) is 0. The number of ether oxygens (including phenoxy) is 1. The van der Waals surface area contributed by atoms with E-state index in [1.54, 1.807) is 17.8 Å². The van der Waals surface area contributed by atoms with Gasteiger partial charge < -0.3 is 14.4 Å². The molecule has 4 aromatic rings. The van der Waals surface area contributed by atoms with Crippen molar-refractivity contribution in [2.24, 2.45) is 0 Å². The number of carbonyl (C=O) groups is 1. The number of benzene rings is 3. The van der Waals surface area contributed by atoms with Gasteiger partial charge in [-0.2, -0.15) is 0 Å². The number of para-hydroxylation sites is 2. The summed E-state index contributed by atoms with van der Waals surface area (Å²) in [5.74, 6) is 0.313. The third kappa shape index (κ3) is 4.75. The molecule has 5 heteroatoms. The molecule has 1 unspecified atom stereocenters. The average Bonchev–Trinajstić information content (AvgIpc) is 3.32. The molecule has 0 radical (unpaired) electrons. The summed E-state index contributed by atoms with van der Waals surface area (Å²) in [6.07, 6.45) is 2.71. The van der Waals surface area contributed by atoms with Gasteiger partial charge in [0, 0.05) is 28.6 Å². The maximum absolute atomic E-state index is 12.0. The Kier molecular flexibility index (Phi) is 6.20. The van der Waals surface area contributed by atoms with Crippen LogP contribution in [0.25, 0.3) is 5.69 Å². The SMILES string of the molecule is O=C(O)C(Oc1ccccc1-n1cccc1)c1ccc(CSc2ccccc2)cc1. The maximum Gasteiger partial charge on any atom is 0.349 e. The van der Waals surface area contributed by atoms with Crippen LogP contribution in [0.3, 0.4) is 0 Å². The Labute approximate surface area is 179 Å². The van der Waals surface area contributed by atoms with Crippen molar-refractivity contribution in [3.63, 3.8) is 0 Å². The predicted octanol–water partition coefficient (Wildman–Crippen LogP) is 5.97. The molecule has 0 fully saturated rings. The van der Waals surface area contributed by atoms with Crippen molar-refractivity contribution in [2.75, 3.05) is 0 Å². The van der Waals surface area contributed by atoms with Crippen molar-refractivity contribution < 1.29 is 14.6 Å². The number of nitrogens with zero attached hydrogens (tertiary/aromatic N) is 1. The van der Waals surface area contributed by atoms with Gasteiger partial charge in [-0.05, 0) is 42.0 Å². The molecule has 0 saturated carbocycles. The summed E-state index contributed by atoms with van der Waals surface area (Å²) in [7, 11) is 0. The molecule has 1 N–H and O–H groups in total. The van der Waals surface area contributed by atoms with Gasteiger partial charge in [-0.3, -0.25) is 0 Å². The normalized spacial score (nSPS) is 11.7. The van der Waals surface area contributed by atoms with Crippen molar-refractivity contribution in [2.45, 2.75) is 16.8 Å². The first-order valence-electron chi connectivity index (χ1n) is 9.59. The van der Waals surface area contributed by atoms with Gasteiger partial charge in [0.15, 0.2) is 0 Å². The molecule has 0 aliphatic carbocycles. The van der Waals surface area contributed by atoms with Gasteiger partial charge in [-0.15, -0.1) is 11.8 Å². The lowest BCUT2D eigenvalue weighted by Crippen LogP contribution is -2.19. The number of rotatable bonds is 8. The van der Waals surface area contributed by atoms with E-state index in [4.69, 9.17) is 4.74 Å². The largest absolute Gasteiger partial charge is 0.478 e. The first-order valence-corrected chi connectivity index (χ1v) is 10.6. The van der Waals surface area contributed by atoms with Crippen molar-refractivity contribution in [3.05, 3.63) is 115 Å². The van der Waals surface area contributed by atoms with Gasteiger partial charge in [-0.1, -0.05) is 54.6 Å². The first kappa shape index (κ1) is 19.9. The fraction of sp³-hybridized carbons (Fsp3) is 0.0800. The highest BCUT2D eigenvalue weighted by Crippen LogP contribution is 2.29. The monoisotopic (exact) mass is 415 g/mol. The Bertz CT molecular complexity index is 1090. The van der Waals surface area contributed by atoms with Crippen LogP contribution in [-0.2, 0) is 10.5 Å². The number of thioether (sulfide) groups is 1. The van der Waals surface area contributed by atoms with E-state index in [1.165, 1.54) is 4.90 Å². The molecule has 0 amide bonds. The van der Waals surface area contributed by atoms with Crippen LogP contribution in [0.15, 0.2) is 108 Å². The van der Waals surface area contributed by atoms with Crippen LogP contribution < -0.4 is 4.74 Å². The summed E-state index contributed by atoms with van der Waals surface area (Å²) in [4.78, 5) is 13.2. The molecule has 4 rings (SSSR count). The molecule has 4 nitrogen and oxygen atoms in total. The lowest BCUT2D eigenvalue weighted by molar-refractivity contribution is -0.145. The molecule has 1 atom stereocenters. The van der Waals surface area contributed by atoms with E-state index < -0.39 is 12.1 Å². The second-order valence-corrected chi connectivity index (χ2v) is 7.79. The molecule has 0 saturated heterocycles. The lowest BCUT2D eigenvalue weighted by atomic mass is 10.1. The Hall–Kier alpha value is -3.44. The second kappa shape index (κ2) is 9.37. The molecule has 0 spiro atoms. The highest BCUT2D eigenvalue weighted by Gasteiger charge is 2.23. The minimum Gasteiger partial charge on any atom is -0.478 e. The second-order valence-electron chi connectivity index (χ2n) is 6.74. The molecule has 0 bridgehead atoms. The van der Waals surface area contributed by atoms with Gasteiger partial charge in [0.25, 0.3) is 0 Å². The van der Waals surface area contributed by atoms with Gasteiger partial charge in [0.2, 0.25) is 6.10 Å². The summed E-state index contributed by atoms with van der Waals surface area (Å²) in [5.41, 5.74) is 2.53. The molecule has 30 heavy (non-hydrogen) atoms. The third-order valence-electron chi connectivity index (χ3n) is 4.65. The van der Waals surface area contributed by atoms with Crippen LogP contribution >= 0.6 is 11.8 Å². The fourth-order valence-corrected chi connectivity index (χ4v) is 4.00. The van der Waals surface area contributed by atoms with Gasteiger partial charge in [0.05, 0.1) is 5.69 Å². The van der Waals surface area contributed by atoms with Crippen molar-refractivity contribution in [1.29, 1.82) is 0 Å². The molecular weight excluding hydrogens is 394 g/mol. The Balaban J connectivity index is 1.51. The van der Waals surface area contributed by atoms with E-state index in [1.807, 2.05) is 89.8 Å². The zero-order chi connectivity index (χ0) is 20.8. The predicted molar refractivity (Wildman–Crippen MR) is 119 cm³/mol. The molecule has 1 heterocycles. The fourth-order valence-electron chi connectivity index (χ4n) is 3.13. The molecular formula is C25H21NO3S. The smallest absolute Gasteiger partial charge is 0.349 e. The molecule has 1 aromatic heterocycles. The Morgan fingerprint density at radius 3 is 2.23 bits per heavy atom. The van der Waals surface area contributed by atoms with E-state index in [0.717, 1.165) is 17.0 Å². The van der Waals surface area contributed by atoms with E-state index in [0.29, 0.717) is 11.3 Å². The van der Waals surface area contributed by atoms with Crippen LogP contribution in [0.1, 0.15) is 17.2 Å². The zero-order valence-corrected chi connectivity index (χ0v) is 17.0. The number of aromatic nitrogens is 1. The zero-order valence-electron chi connectivity index (χ0n) is 16.2. The van der Waals surface area contributed by atoms with Crippen LogP contribution in [-0.4, -0.2) is 15.6 Å². The first-order chi connectivity index (χ1) is 14.7. The van der Waals surface area contributed by atoms with Crippen molar-refractivity contribution in [3.8, 4) is 11.4 Å². The molecule has 150 valence electrons. The van der Waals surface area contributed by atoms with Gasteiger partial charge >= 0.3 is 5.97 Å². The average molecular weight is 416 g/mol. The number of aliphatic carboxylic acids is 1. The minimum absolute atomic E-state index is 0.518. The summed E-state index contributed by atoms with van der Waals surface area (Å²) in [6, 6.07) is 29.0. The van der Waals surface area contributed by atoms with Gasteiger partial charge in [0.1, 0.15) is 5.75 Å². The number of carboxylic acid groups (broad SMARTS) is 1. The van der Waals surface area contributed by atoms with Crippen LogP contribution in [0.4, 0.5) is 0 Å². The highest BCUT2D eigenvalue weighted by atomic mass is 32.2. The number of carboxylic acids is 1. The Morgan fingerprint density at radius 2 is 1.53 bits per heavy atom. The van der Waals surface area contributed by atoms with E-state index in [9.17, 15) is 9.90 Å². The minimum atomic E-state index is -1.09. The third-order valence-corrected chi connectivity index (χ3v) is 5.73. The molecule has 0 aliphatic heterocycles. The number of hydrogen-bond donors (Lipinski definition) is 1. The van der Waals surface area contributed by atoms with Crippen LogP contribution in [0.2, 0.25) is 0 Å². The Morgan fingerprint density at radius 1 is 0.867 bits per heavy atom. The van der Waals surface area contributed by atoms with E-state index in [2.05, 4.69) is 12.1 Å². The van der Waals surface area contributed by atoms with Gasteiger partial charge in [-0.25, -0.2) is 4.79 Å². The summed E-state index contributed by atoms with van der Waals surface area (Å²) < 4.78 is 7.86. The molecule has 0 aliphatic rings. The van der Waals surface area contributed by atoms with Crippen LogP contribution in [0, 0.1) is 0 Å². The van der Waals surface area contributed by atoms with E-state index in [-0.39, 0.29) is 0 Å². The topological polar surface area (TPSA) is 51.5 Å². The standard InChI is InChI=1S/C25H21NO3S/c27-25(28)24(29-23-11-5-4-10-22(23)26-16-6-7-17-26)20-14-12-19(13-15-20)18-30-21-8-2-1-3-9-21/h1-17,24H,18H2,(H,27,28).